The second kappa shape index (κ2) is 9.98. The van der Waals surface area contributed by atoms with Crippen LogP contribution in [0.1, 0.15) is 21.5 Å². The number of nitrogens with one attached hydrogen (secondary N) is 2. The number of pyridine rings is 1. The van der Waals surface area contributed by atoms with Crippen LogP contribution < -0.4 is 15.4 Å². The van der Waals surface area contributed by atoms with Crippen molar-refractivity contribution < 1.29 is 27.1 Å². The maximum atomic E-state index is 13.5. The van der Waals surface area contributed by atoms with Gasteiger partial charge in [0.1, 0.15) is 11.6 Å². The van der Waals surface area contributed by atoms with Crippen LogP contribution in [0.4, 0.5) is 29.2 Å². The molecule has 0 spiro atoms. The second-order valence-electron chi connectivity index (χ2n) is 7.60. The van der Waals surface area contributed by atoms with E-state index in [1.54, 1.807) is 56.7 Å². The molecular formula is C25H19F4N5O2. The summed E-state index contributed by atoms with van der Waals surface area (Å²) >= 11 is 0. The maximum absolute atomic E-state index is 13.5. The maximum Gasteiger partial charge on any atom is 0.419 e. The smallest absolute Gasteiger partial charge is 0.419 e. The molecule has 0 bridgehead atoms. The van der Waals surface area contributed by atoms with Gasteiger partial charge in [-0.05, 0) is 67.1 Å². The van der Waals surface area contributed by atoms with E-state index in [4.69, 9.17) is 4.74 Å². The monoisotopic (exact) mass is 497 g/mol. The fourth-order valence-electron chi connectivity index (χ4n) is 3.33. The van der Waals surface area contributed by atoms with E-state index in [2.05, 4.69) is 25.6 Å². The van der Waals surface area contributed by atoms with Gasteiger partial charge in [-0.15, -0.1) is 0 Å². The van der Waals surface area contributed by atoms with Crippen LogP contribution in [0, 0.1) is 12.7 Å². The zero-order valence-corrected chi connectivity index (χ0v) is 19.0. The fraction of sp³-hybridized carbons (Fsp3) is 0.120. The van der Waals surface area contributed by atoms with Gasteiger partial charge in [-0.2, -0.15) is 13.2 Å². The molecule has 0 fully saturated rings. The number of anilines is 2. The van der Waals surface area contributed by atoms with Crippen molar-refractivity contribution in [1.82, 2.24) is 15.0 Å². The van der Waals surface area contributed by atoms with Crippen molar-refractivity contribution in [3.8, 4) is 22.9 Å². The summed E-state index contributed by atoms with van der Waals surface area (Å²) in [5.41, 5.74) is 0.329. The van der Waals surface area contributed by atoms with Gasteiger partial charge in [0.15, 0.2) is 0 Å². The van der Waals surface area contributed by atoms with Gasteiger partial charge >= 0.3 is 6.18 Å². The molecule has 0 radical (unpaired) electrons. The van der Waals surface area contributed by atoms with E-state index in [0.717, 1.165) is 6.07 Å². The van der Waals surface area contributed by atoms with Crippen molar-refractivity contribution in [1.29, 1.82) is 0 Å². The molecule has 0 unspecified atom stereocenters. The highest BCUT2D eigenvalue weighted by Gasteiger charge is 2.34. The summed E-state index contributed by atoms with van der Waals surface area (Å²) in [6.07, 6.45) is -1.74. The fourth-order valence-corrected chi connectivity index (χ4v) is 3.33. The number of hydrogen-bond donors (Lipinski definition) is 2. The summed E-state index contributed by atoms with van der Waals surface area (Å²) in [5, 5.41) is 5.38. The Kier molecular flexibility index (Phi) is 6.82. The predicted molar refractivity (Wildman–Crippen MR) is 125 cm³/mol. The molecule has 4 rings (SSSR count). The minimum atomic E-state index is -4.92. The Morgan fingerprint density at radius 2 is 1.81 bits per heavy atom. The van der Waals surface area contributed by atoms with E-state index < -0.39 is 23.5 Å². The van der Waals surface area contributed by atoms with Crippen molar-refractivity contribution in [2.45, 2.75) is 13.1 Å². The number of nitrogens with zero attached hydrogens (tertiary/aromatic N) is 3. The Bertz CT molecular complexity index is 1430. The summed E-state index contributed by atoms with van der Waals surface area (Å²) in [4.78, 5) is 25.3. The van der Waals surface area contributed by atoms with Gasteiger partial charge in [-0.1, -0.05) is 0 Å². The number of amides is 1. The van der Waals surface area contributed by atoms with Gasteiger partial charge in [0.05, 0.1) is 16.8 Å². The third-order valence-corrected chi connectivity index (χ3v) is 5.10. The first-order valence-corrected chi connectivity index (χ1v) is 10.6. The standard InChI is InChI=1S/C25H19F4N5O2/c1-14-12-16(33-22(35)15-5-7-19(26)18(13-15)25(27,28)29)6-8-21(14)36-23-17(4-3-10-31-23)20-9-11-32-24(30-2)34-20/h3-13H,1-2H3,(H,33,35)(H,30,32,34). The molecule has 0 aliphatic carbocycles. The molecule has 7 nitrogen and oxygen atoms in total. The van der Waals surface area contributed by atoms with Crippen molar-refractivity contribution in [2.75, 3.05) is 17.7 Å². The quantitative estimate of drug-likeness (QED) is 0.314. The minimum Gasteiger partial charge on any atom is -0.438 e. The molecule has 36 heavy (non-hydrogen) atoms. The lowest BCUT2D eigenvalue weighted by Gasteiger charge is -2.14. The third-order valence-electron chi connectivity index (χ3n) is 5.10. The molecule has 0 aliphatic heterocycles. The van der Waals surface area contributed by atoms with E-state index in [-0.39, 0.29) is 5.56 Å². The minimum absolute atomic E-state index is 0.295. The van der Waals surface area contributed by atoms with Crippen LogP contribution in [0.5, 0.6) is 11.6 Å². The Hall–Kier alpha value is -4.54. The van der Waals surface area contributed by atoms with Crippen LogP contribution in [0.15, 0.2) is 67.0 Å². The molecular weight excluding hydrogens is 478 g/mol. The first kappa shape index (κ1) is 24.6. The number of ether oxygens (including phenoxy) is 1. The number of hydrogen-bond acceptors (Lipinski definition) is 6. The van der Waals surface area contributed by atoms with Crippen molar-refractivity contribution in [2.24, 2.45) is 0 Å². The van der Waals surface area contributed by atoms with E-state index in [1.807, 2.05) is 0 Å². The highest BCUT2D eigenvalue weighted by Crippen LogP contribution is 2.34. The Morgan fingerprint density at radius 3 is 2.53 bits per heavy atom. The number of aryl methyl sites for hydroxylation is 1. The average Bonchev–Trinajstić information content (AvgIpc) is 2.85. The first-order chi connectivity index (χ1) is 17.2. The van der Waals surface area contributed by atoms with Crippen LogP contribution in [0.3, 0.4) is 0 Å². The number of alkyl halides is 3. The lowest BCUT2D eigenvalue weighted by atomic mass is 10.1. The molecule has 2 aromatic carbocycles. The number of carbonyl (C=O) groups is 1. The lowest BCUT2D eigenvalue weighted by molar-refractivity contribution is -0.140. The molecule has 0 saturated heterocycles. The van der Waals surface area contributed by atoms with Crippen molar-refractivity contribution in [3.63, 3.8) is 0 Å². The van der Waals surface area contributed by atoms with Crippen LogP contribution in [-0.2, 0) is 6.18 Å². The van der Waals surface area contributed by atoms with Gasteiger partial charge in [-0.3, -0.25) is 4.79 Å². The highest BCUT2D eigenvalue weighted by molar-refractivity contribution is 6.04. The summed E-state index contributed by atoms with van der Waals surface area (Å²) in [5.74, 6) is -1.10. The zero-order valence-electron chi connectivity index (χ0n) is 19.0. The first-order valence-electron chi connectivity index (χ1n) is 10.6. The van der Waals surface area contributed by atoms with Gasteiger partial charge in [0.25, 0.3) is 5.91 Å². The molecule has 1 amide bonds. The molecule has 0 saturated carbocycles. The number of aromatic nitrogens is 3. The number of rotatable bonds is 6. The van der Waals surface area contributed by atoms with Crippen LogP contribution in [-0.4, -0.2) is 27.9 Å². The highest BCUT2D eigenvalue weighted by atomic mass is 19.4. The number of carbonyl (C=O) groups excluding carboxylic acids is 1. The topological polar surface area (TPSA) is 89.0 Å². The SMILES string of the molecule is CNc1nccc(-c2cccnc2Oc2ccc(NC(=O)c3ccc(F)c(C(F)(F)F)c3)cc2C)n1. The summed E-state index contributed by atoms with van der Waals surface area (Å²) in [6, 6.07) is 12.0. The number of halogens is 4. The second-order valence-corrected chi connectivity index (χ2v) is 7.60. The molecule has 2 N–H and O–H groups in total. The van der Waals surface area contributed by atoms with E-state index in [0.29, 0.717) is 52.2 Å². The van der Waals surface area contributed by atoms with E-state index in [1.165, 1.54) is 6.07 Å². The molecule has 2 heterocycles. The van der Waals surface area contributed by atoms with Crippen LogP contribution in [0.2, 0.25) is 0 Å². The molecule has 4 aromatic rings. The van der Waals surface area contributed by atoms with E-state index >= 15 is 0 Å². The third kappa shape index (κ3) is 5.40. The van der Waals surface area contributed by atoms with Crippen LogP contribution in [0.25, 0.3) is 11.3 Å². The van der Waals surface area contributed by atoms with E-state index in [9.17, 15) is 22.4 Å². The summed E-state index contributed by atoms with van der Waals surface area (Å²) < 4.78 is 58.4. The van der Waals surface area contributed by atoms with Gasteiger partial charge < -0.3 is 15.4 Å². The number of benzene rings is 2. The van der Waals surface area contributed by atoms with Crippen LogP contribution >= 0.6 is 0 Å². The Labute approximate surface area is 203 Å². The van der Waals surface area contributed by atoms with Crippen molar-refractivity contribution >= 4 is 17.5 Å². The molecule has 0 aliphatic rings. The predicted octanol–water partition coefficient (Wildman–Crippen LogP) is 6.09. The zero-order chi connectivity index (χ0) is 25.9. The Balaban J connectivity index is 1.54. The molecule has 2 aromatic heterocycles. The summed E-state index contributed by atoms with van der Waals surface area (Å²) in [6.45, 7) is 1.73. The average molecular weight is 497 g/mol. The largest absolute Gasteiger partial charge is 0.438 e. The van der Waals surface area contributed by atoms with Gasteiger partial charge in [0.2, 0.25) is 11.8 Å². The van der Waals surface area contributed by atoms with Gasteiger partial charge in [0, 0.05) is 30.7 Å². The summed E-state index contributed by atoms with van der Waals surface area (Å²) in [7, 11) is 1.70. The molecule has 184 valence electrons. The lowest BCUT2D eigenvalue weighted by Crippen LogP contribution is -2.15. The Morgan fingerprint density at radius 1 is 1.00 bits per heavy atom. The normalized spacial score (nSPS) is 11.2. The van der Waals surface area contributed by atoms with Crippen molar-refractivity contribution in [3.05, 3.63) is 89.5 Å². The molecule has 0 atom stereocenters. The molecule has 11 heteroatoms. The van der Waals surface area contributed by atoms with Gasteiger partial charge in [-0.25, -0.2) is 19.3 Å².